The fourth-order valence-corrected chi connectivity index (χ4v) is 4.60. The van der Waals surface area contributed by atoms with Crippen molar-refractivity contribution in [2.45, 2.75) is 104 Å². The number of hydrogen-bond donors (Lipinski definition) is 2. The molecule has 8 nitrogen and oxygen atoms in total. The van der Waals surface area contributed by atoms with Crippen LogP contribution in [0.15, 0.2) is 48.1 Å². The van der Waals surface area contributed by atoms with Crippen molar-refractivity contribution in [2.24, 2.45) is 17.8 Å². The maximum Gasteiger partial charge on any atom is 0.314 e. The Balaban J connectivity index is 2.14. The van der Waals surface area contributed by atoms with Gasteiger partial charge in [-0.3, -0.25) is 14.4 Å². The molecule has 8 heteroatoms. The molecule has 0 bridgehead atoms. The van der Waals surface area contributed by atoms with Crippen LogP contribution in [0.4, 0.5) is 0 Å². The molecule has 2 aliphatic heterocycles. The van der Waals surface area contributed by atoms with Gasteiger partial charge in [-0.2, -0.15) is 0 Å². The molecule has 212 valence electrons. The van der Waals surface area contributed by atoms with Crippen molar-refractivity contribution in [3.05, 3.63) is 48.1 Å². The molecular formula is C30H44O8. The predicted octanol–water partition coefficient (Wildman–Crippen LogP) is 4.01. The van der Waals surface area contributed by atoms with Crippen LogP contribution >= 0.6 is 0 Å². The van der Waals surface area contributed by atoms with E-state index in [1.165, 1.54) is 19.9 Å². The molecule has 0 spiro atoms. The SMILES string of the molecule is CCC(O)C(C)C1OC1CC(C)C=CC=C(C)C1OC(=O)CC(=O)C=CC(C)(O)C(OC(C)=O)C=CC1C. The molecule has 1 saturated heterocycles. The van der Waals surface area contributed by atoms with Crippen LogP contribution in [-0.4, -0.2) is 64.1 Å². The fraction of sp³-hybridized carbons (Fsp3) is 0.633. The number of esters is 2. The first kappa shape index (κ1) is 31.7. The third-order valence-corrected chi connectivity index (χ3v) is 7.14. The molecule has 0 radical (unpaired) electrons. The molecule has 0 aliphatic carbocycles. The summed E-state index contributed by atoms with van der Waals surface area (Å²) < 4.78 is 16.8. The van der Waals surface area contributed by atoms with E-state index in [2.05, 4.69) is 13.0 Å². The third kappa shape index (κ3) is 9.64. The van der Waals surface area contributed by atoms with E-state index in [-0.39, 0.29) is 36.1 Å². The highest BCUT2D eigenvalue weighted by molar-refractivity contribution is 6.02. The first-order valence-electron chi connectivity index (χ1n) is 13.4. The molecule has 0 aromatic carbocycles. The highest BCUT2D eigenvalue weighted by atomic mass is 16.6. The summed E-state index contributed by atoms with van der Waals surface area (Å²) in [4.78, 5) is 36.4. The zero-order valence-electron chi connectivity index (χ0n) is 23.6. The molecule has 9 atom stereocenters. The van der Waals surface area contributed by atoms with Gasteiger partial charge in [0.2, 0.25) is 0 Å². The van der Waals surface area contributed by atoms with Crippen molar-refractivity contribution in [3.63, 3.8) is 0 Å². The van der Waals surface area contributed by atoms with Crippen molar-refractivity contribution in [1.29, 1.82) is 0 Å². The number of aliphatic hydroxyl groups excluding tert-OH is 1. The molecular weight excluding hydrogens is 488 g/mol. The quantitative estimate of drug-likeness (QED) is 0.150. The molecule has 0 saturated carbocycles. The summed E-state index contributed by atoms with van der Waals surface area (Å²) in [5.41, 5.74) is -0.869. The molecule has 1 fully saturated rings. The Morgan fingerprint density at radius 3 is 2.58 bits per heavy atom. The van der Waals surface area contributed by atoms with Gasteiger partial charge in [0.25, 0.3) is 0 Å². The van der Waals surface area contributed by atoms with E-state index in [1.54, 1.807) is 12.2 Å². The van der Waals surface area contributed by atoms with Gasteiger partial charge in [-0.1, -0.05) is 52.0 Å². The molecule has 0 aromatic heterocycles. The summed E-state index contributed by atoms with van der Waals surface area (Å²) in [6, 6.07) is 0. The lowest BCUT2D eigenvalue weighted by Crippen LogP contribution is -2.39. The Kier molecular flexibility index (Phi) is 11.7. The van der Waals surface area contributed by atoms with E-state index in [0.29, 0.717) is 6.42 Å². The lowest BCUT2D eigenvalue weighted by molar-refractivity contribution is -0.152. The molecule has 2 heterocycles. The van der Waals surface area contributed by atoms with Crippen molar-refractivity contribution in [2.75, 3.05) is 0 Å². The third-order valence-electron chi connectivity index (χ3n) is 7.14. The maximum atomic E-state index is 12.5. The molecule has 9 unspecified atom stereocenters. The van der Waals surface area contributed by atoms with Crippen LogP contribution < -0.4 is 0 Å². The van der Waals surface area contributed by atoms with Crippen LogP contribution in [0, 0.1) is 17.8 Å². The number of allylic oxidation sites excluding steroid dienone is 4. The average molecular weight is 533 g/mol. The molecule has 2 N–H and O–H groups in total. The van der Waals surface area contributed by atoms with Gasteiger partial charge in [-0.05, 0) is 56.4 Å². The monoisotopic (exact) mass is 532 g/mol. The average Bonchev–Trinajstić information content (AvgIpc) is 3.60. The van der Waals surface area contributed by atoms with Gasteiger partial charge in [0.05, 0.1) is 18.3 Å². The smallest absolute Gasteiger partial charge is 0.314 e. The first-order chi connectivity index (χ1) is 17.7. The van der Waals surface area contributed by atoms with E-state index in [1.807, 2.05) is 39.8 Å². The van der Waals surface area contributed by atoms with Crippen LogP contribution in [-0.2, 0) is 28.6 Å². The maximum absolute atomic E-state index is 12.5. The predicted molar refractivity (Wildman–Crippen MR) is 144 cm³/mol. The summed E-state index contributed by atoms with van der Waals surface area (Å²) in [5.74, 6) is -1.74. The Hall–Kier alpha value is -2.55. The zero-order chi connectivity index (χ0) is 28.6. The molecule has 2 rings (SSSR count). The second-order valence-corrected chi connectivity index (χ2v) is 10.9. The van der Waals surface area contributed by atoms with Gasteiger partial charge in [-0.25, -0.2) is 0 Å². The van der Waals surface area contributed by atoms with Crippen molar-refractivity contribution < 1.29 is 38.8 Å². The first-order valence-corrected chi connectivity index (χ1v) is 13.4. The number of epoxide rings is 1. The van der Waals surface area contributed by atoms with Crippen LogP contribution in [0.3, 0.4) is 0 Å². The molecule has 0 amide bonds. The van der Waals surface area contributed by atoms with E-state index < -0.39 is 42.0 Å². The normalized spacial score (nSPS) is 33.2. The van der Waals surface area contributed by atoms with Crippen LogP contribution in [0.5, 0.6) is 0 Å². The van der Waals surface area contributed by atoms with Crippen LogP contribution in [0.2, 0.25) is 0 Å². The van der Waals surface area contributed by atoms with E-state index in [4.69, 9.17) is 14.2 Å². The topological polar surface area (TPSA) is 123 Å². The zero-order valence-corrected chi connectivity index (χ0v) is 23.6. The standard InChI is InChI=1S/C30H44O8/c1-8-24(33)21(5)29-25(37-29)16-18(2)10-9-11-19(3)28-20(4)12-13-26(36-22(6)31)30(7,35)15-14-23(32)17-27(34)38-28/h9-15,18,20-21,24-26,28-29,33,35H,8,16-17H2,1-7H3. The van der Waals surface area contributed by atoms with Crippen molar-refractivity contribution >= 4 is 17.7 Å². The Morgan fingerprint density at radius 2 is 1.95 bits per heavy atom. The number of rotatable bonds is 9. The van der Waals surface area contributed by atoms with Gasteiger partial charge in [0.1, 0.15) is 18.1 Å². The largest absolute Gasteiger partial charge is 0.457 e. The number of hydrogen-bond acceptors (Lipinski definition) is 8. The number of ketones is 1. The Morgan fingerprint density at radius 1 is 1.26 bits per heavy atom. The minimum absolute atomic E-state index is 0.0930. The summed E-state index contributed by atoms with van der Waals surface area (Å²) >= 11 is 0. The molecule has 2 aliphatic rings. The summed E-state index contributed by atoms with van der Waals surface area (Å²) in [6.45, 7) is 12.4. The van der Waals surface area contributed by atoms with Crippen molar-refractivity contribution in [3.8, 4) is 0 Å². The number of cyclic esters (lactones) is 1. The second-order valence-electron chi connectivity index (χ2n) is 10.9. The van der Waals surface area contributed by atoms with E-state index in [0.717, 1.165) is 18.1 Å². The Bertz CT molecular complexity index is 959. The van der Waals surface area contributed by atoms with Gasteiger partial charge < -0.3 is 24.4 Å². The number of carbonyl (C=O) groups excluding carboxylic acids is 3. The Labute approximate surface area is 226 Å². The van der Waals surface area contributed by atoms with Gasteiger partial charge >= 0.3 is 11.9 Å². The molecule has 38 heavy (non-hydrogen) atoms. The summed E-state index contributed by atoms with van der Waals surface area (Å²) in [7, 11) is 0. The minimum atomic E-state index is -1.64. The van der Waals surface area contributed by atoms with E-state index in [9.17, 15) is 24.6 Å². The van der Waals surface area contributed by atoms with E-state index >= 15 is 0 Å². The molecule has 0 aromatic rings. The minimum Gasteiger partial charge on any atom is -0.457 e. The van der Waals surface area contributed by atoms with Crippen molar-refractivity contribution in [1.82, 2.24) is 0 Å². The number of carbonyl (C=O) groups is 3. The summed E-state index contributed by atoms with van der Waals surface area (Å²) in [5, 5.41) is 20.9. The lowest BCUT2D eigenvalue weighted by atomic mass is 9.92. The summed E-state index contributed by atoms with van der Waals surface area (Å²) in [6.07, 6.45) is 10.8. The second kappa shape index (κ2) is 14.0. The fourth-order valence-electron chi connectivity index (χ4n) is 4.60. The number of ether oxygens (including phenoxy) is 3. The lowest BCUT2D eigenvalue weighted by Gasteiger charge is -2.29. The highest BCUT2D eigenvalue weighted by Crippen LogP contribution is 2.36. The van der Waals surface area contributed by atoms with Gasteiger partial charge in [0, 0.05) is 18.8 Å². The number of aliphatic hydroxyl groups is 2. The van der Waals surface area contributed by atoms with Gasteiger partial charge in [0.15, 0.2) is 11.9 Å². The van der Waals surface area contributed by atoms with Crippen LogP contribution in [0.1, 0.15) is 67.7 Å². The van der Waals surface area contributed by atoms with Gasteiger partial charge in [-0.15, -0.1) is 0 Å². The highest BCUT2D eigenvalue weighted by Gasteiger charge is 2.44. The van der Waals surface area contributed by atoms with Crippen LogP contribution in [0.25, 0.3) is 0 Å².